The van der Waals surface area contributed by atoms with Gasteiger partial charge in [-0.15, -0.1) is 0 Å². The number of anilines is 1. The predicted molar refractivity (Wildman–Crippen MR) is 97.1 cm³/mol. The van der Waals surface area contributed by atoms with Crippen molar-refractivity contribution in [2.24, 2.45) is 0 Å². The summed E-state index contributed by atoms with van der Waals surface area (Å²) in [7, 11) is 0. The highest BCUT2D eigenvalue weighted by Gasteiger charge is 2.16. The average molecular weight is 342 g/mol. The van der Waals surface area contributed by atoms with Crippen LogP contribution in [0.3, 0.4) is 0 Å². The van der Waals surface area contributed by atoms with Gasteiger partial charge in [0.25, 0.3) is 11.6 Å². The van der Waals surface area contributed by atoms with Gasteiger partial charge in [-0.1, -0.05) is 32.0 Å². The first-order chi connectivity index (χ1) is 11.9. The Morgan fingerprint density at radius 1 is 1.24 bits per heavy atom. The Balaban J connectivity index is 1.96. The van der Waals surface area contributed by atoms with Crippen LogP contribution >= 0.6 is 0 Å². The summed E-state index contributed by atoms with van der Waals surface area (Å²) < 4.78 is 5.45. The lowest BCUT2D eigenvalue weighted by Crippen LogP contribution is -2.20. The van der Waals surface area contributed by atoms with Crippen molar-refractivity contribution in [2.75, 3.05) is 11.9 Å². The maximum Gasteiger partial charge on any atom is 0.293 e. The molecular formula is C19H22N2O4. The second-order valence-electron chi connectivity index (χ2n) is 5.99. The minimum Gasteiger partial charge on any atom is -0.484 e. The van der Waals surface area contributed by atoms with Crippen LogP contribution in [-0.2, 0) is 4.79 Å². The number of hydrogen-bond acceptors (Lipinski definition) is 4. The summed E-state index contributed by atoms with van der Waals surface area (Å²) >= 11 is 0. The van der Waals surface area contributed by atoms with Gasteiger partial charge in [-0.3, -0.25) is 14.9 Å². The molecule has 0 radical (unpaired) electrons. The van der Waals surface area contributed by atoms with Gasteiger partial charge in [0, 0.05) is 6.07 Å². The molecule has 1 N–H and O–H groups in total. The van der Waals surface area contributed by atoms with Gasteiger partial charge < -0.3 is 10.1 Å². The van der Waals surface area contributed by atoms with Gasteiger partial charge in [-0.2, -0.15) is 0 Å². The first-order valence-corrected chi connectivity index (χ1v) is 8.18. The molecule has 0 heterocycles. The molecule has 0 bridgehead atoms. The summed E-state index contributed by atoms with van der Waals surface area (Å²) in [5, 5.41) is 13.6. The van der Waals surface area contributed by atoms with Crippen molar-refractivity contribution in [2.45, 2.75) is 33.1 Å². The van der Waals surface area contributed by atoms with Gasteiger partial charge in [0.1, 0.15) is 11.4 Å². The van der Waals surface area contributed by atoms with E-state index in [0.717, 1.165) is 12.0 Å². The molecule has 1 atom stereocenters. The number of benzene rings is 2. The molecule has 25 heavy (non-hydrogen) atoms. The van der Waals surface area contributed by atoms with Crippen LogP contribution in [0.2, 0.25) is 0 Å². The molecule has 0 aromatic heterocycles. The van der Waals surface area contributed by atoms with Crippen LogP contribution in [0, 0.1) is 17.0 Å². The maximum absolute atomic E-state index is 12.0. The number of carbonyl (C=O) groups is 1. The standard InChI is InChI=1S/C19H22N2O4/c1-4-14(3)15-6-8-16(9-7-15)25-12-19(22)20-17-10-5-13(2)11-18(17)21(23)24/h5-11,14H,4,12H2,1-3H3,(H,20,22)/t14-/m0/s1. The molecule has 6 nitrogen and oxygen atoms in total. The maximum atomic E-state index is 12.0. The van der Waals surface area contributed by atoms with Gasteiger partial charge in [-0.25, -0.2) is 0 Å². The normalized spacial score (nSPS) is 11.6. The lowest BCUT2D eigenvalue weighted by atomic mass is 9.99. The number of nitrogens with one attached hydrogen (secondary N) is 1. The van der Waals surface area contributed by atoms with E-state index >= 15 is 0 Å². The number of nitro groups is 1. The summed E-state index contributed by atoms with van der Waals surface area (Å²) in [6.45, 7) is 5.82. The summed E-state index contributed by atoms with van der Waals surface area (Å²) in [4.78, 5) is 22.6. The number of nitrogens with zero attached hydrogens (tertiary/aromatic N) is 1. The fourth-order valence-corrected chi connectivity index (χ4v) is 2.36. The highest BCUT2D eigenvalue weighted by Crippen LogP contribution is 2.25. The van der Waals surface area contributed by atoms with Crippen LogP contribution in [0.5, 0.6) is 5.75 Å². The predicted octanol–water partition coefficient (Wildman–Crippen LogP) is 4.43. The van der Waals surface area contributed by atoms with Crippen molar-refractivity contribution in [3.63, 3.8) is 0 Å². The molecule has 2 aromatic rings. The molecule has 1 amide bonds. The molecule has 0 unspecified atom stereocenters. The summed E-state index contributed by atoms with van der Waals surface area (Å²) in [5.74, 6) is 0.609. The number of amides is 1. The lowest BCUT2D eigenvalue weighted by Gasteiger charge is -2.11. The highest BCUT2D eigenvalue weighted by molar-refractivity contribution is 5.94. The minimum absolute atomic E-state index is 0.133. The Hall–Kier alpha value is -2.89. The molecular weight excluding hydrogens is 320 g/mol. The van der Waals surface area contributed by atoms with Gasteiger partial charge in [0.05, 0.1) is 4.92 Å². The Morgan fingerprint density at radius 2 is 1.92 bits per heavy atom. The summed E-state index contributed by atoms with van der Waals surface area (Å²) in [6.07, 6.45) is 1.05. The molecule has 0 saturated heterocycles. The summed E-state index contributed by atoms with van der Waals surface area (Å²) in [6, 6.07) is 12.2. The Bertz CT molecular complexity index is 757. The molecule has 6 heteroatoms. The zero-order valence-corrected chi connectivity index (χ0v) is 14.6. The van der Waals surface area contributed by atoms with Crippen molar-refractivity contribution in [1.82, 2.24) is 0 Å². The van der Waals surface area contributed by atoms with Crippen LogP contribution in [0.1, 0.15) is 37.3 Å². The third kappa shape index (κ3) is 5.04. The number of rotatable bonds is 7. The van der Waals surface area contributed by atoms with Crippen molar-refractivity contribution in [3.8, 4) is 5.75 Å². The van der Waals surface area contributed by atoms with Crippen molar-refractivity contribution < 1.29 is 14.5 Å². The van der Waals surface area contributed by atoms with Gasteiger partial charge in [-0.05, 0) is 48.6 Å². The highest BCUT2D eigenvalue weighted by atomic mass is 16.6. The number of hydrogen-bond donors (Lipinski definition) is 1. The third-order valence-corrected chi connectivity index (χ3v) is 4.06. The first-order valence-electron chi connectivity index (χ1n) is 8.18. The number of ether oxygens (including phenoxy) is 1. The van der Waals surface area contributed by atoms with Crippen LogP contribution in [0.25, 0.3) is 0 Å². The third-order valence-electron chi connectivity index (χ3n) is 4.06. The van der Waals surface area contributed by atoms with E-state index in [9.17, 15) is 14.9 Å². The van der Waals surface area contributed by atoms with Crippen LogP contribution < -0.4 is 10.1 Å². The van der Waals surface area contributed by atoms with E-state index in [1.54, 1.807) is 13.0 Å². The van der Waals surface area contributed by atoms with Crippen LogP contribution in [0.4, 0.5) is 11.4 Å². The second-order valence-corrected chi connectivity index (χ2v) is 5.99. The zero-order chi connectivity index (χ0) is 18.4. The monoisotopic (exact) mass is 342 g/mol. The molecule has 0 fully saturated rings. The lowest BCUT2D eigenvalue weighted by molar-refractivity contribution is -0.384. The molecule has 0 saturated carbocycles. The van der Waals surface area contributed by atoms with Crippen molar-refractivity contribution in [3.05, 3.63) is 63.7 Å². The molecule has 132 valence electrons. The summed E-state index contributed by atoms with van der Waals surface area (Å²) in [5.41, 5.74) is 2.00. The van der Waals surface area contributed by atoms with Gasteiger partial charge in [0.2, 0.25) is 0 Å². The molecule has 2 rings (SSSR count). The molecule has 0 aliphatic rings. The fraction of sp³-hybridized carbons (Fsp3) is 0.316. The molecule has 0 aliphatic carbocycles. The van der Waals surface area contributed by atoms with Gasteiger partial charge >= 0.3 is 0 Å². The Labute approximate surface area is 147 Å². The SMILES string of the molecule is CC[C@H](C)c1ccc(OCC(=O)Nc2ccc(C)cc2[N+](=O)[O-])cc1. The van der Waals surface area contributed by atoms with E-state index in [4.69, 9.17) is 4.74 Å². The Morgan fingerprint density at radius 3 is 2.52 bits per heavy atom. The second kappa shape index (κ2) is 8.28. The van der Waals surface area contributed by atoms with E-state index in [2.05, 4.69) is 19.2 Å². The number of aryl methyl sites for hydroxylation is 1. The Kier molecular flexibility index (Phi) is 6.11. The topological polar surface area (TPSA) is 81.5 Å². The minimum atomic E-state index is -0.517. The van der Waals surface area contributed by atoms with Crippen molar-refractivity contribution in [1.29, 1.82) is 0 Å². The van der Waals surface area contributed by atoms with Gasteiger partial charge in [0.15, 0.2) is 6.61 Å². The number of carbonyl (C=O) groups excluding carboxylic acids is 1. The van der Waals surface area contributed by atoms with E-state index in [0.29, 0.717) is 11.7 Å². The largest absolute Gasteiger partial charge is 0.484 e. The smallest absolute Gasteiger partial charge is 0.293 e. The molecule has 0 aliphatic heterocycles. The van der Waals surface area contributed by atoms with E-state index in [-0.39, 0.29) is 18.0 Å². The van der Waals surface area contributed by atoms with E-state index in [1.807, 2.05) is 24.3 Å². The fourth-order valence-electron chi connectivity index (χ4n) is 2.36. The quantitative estimate of drug-likeness (QED) is 0.596. The van der Waals surface area contributed by atoms with E-state index in [1.165, 1.54) is 17.7 Å². The first kappa shape index (κ1) is 18.4. The molecule has 2 aromatic carbocycles. The van der Waals surface area contributed by atoms with E-state index < -0.39 is 10.8 Å². The van der Waals surface area contributed by atoms with Crippen LogP contribution in [0.15, 0.2) is 42.5 Å². The van der Waals surface area contributed by atoms with Crippen LogP contribution in [-0.4, -0.2) is 17.4 Å². The zero-order valence-electron chi connectivity index (χ0n) is 14.6. The average Bonchev–Trinajstić information content (AvgIpc) is 2.61. The van der Waals surface area contributed by atoms with Crippen molar-refractivity contribution >= 4 is 17.3 Å². The number of nitro benzene ring substituents is 1. The molecule has 0 spiro atoms.